The largest absolute Gasteiger partial charge is 0.383 e. The van der Waals surface area contributed by atoms with Gasteiger partial charge in [0.2, 0.25) is 0 Å². The van der Waals surface area contributed by atoms with Gasteiger partial charge < -0.3 is 5.73 Å². The van der Waals surface area contributed by atoms with Gasteiger partial charge in [-0.05, 0) is 13.0 Å². The van der Waals surface area contributed by atoms with Crippen LogP contribution in [0.5, 0.6) is 0 Å². The Morgan fingerprint density at radius 1 is 1.29 bits per heavy atom. The van der Waals surface area contributed by atoms with E-state index in [0.29, 0.717) is 11.4 Å². The monoisotopic (exact) mass is 183 g/mol. The van der Waals surface area contributed by atoms with Gasteiger partial charge in [-0.3, -0.25) is 0 Å². The zero-order chi connectivity index (χ0) is 10.1. The van der Waals surface area contributed by atoms with Crippen molar-refractivity contribution in [2.45, 2.75) is 6.92 Å². The molecule has 2 aliphatic rings. The van der Waals surface area contributed by atoms with Gasteiger partial charge in [0, 0.05) is 5.56 Å². The van der Waals surface area contributed by atoms with Gasteiger partial charge in [0.1, 0.15) is 17.5 Å². The van der Waals surface area contributed by atoms with Gasteiger partial charge in [0.25, 0.3) is 0 Å². The number of hydrogen-bond acceptors (Lipinski definition) is 3. The third-order valence-corrected chi connectivity index (χ3v) is 2.17. The fraction of sp³-hybridized carbons (Fsp3) is 0.0909. The van der Waals surface area contributed by atoms with Crippen LogP contribution in [0.25, 0.3) is 11.3 Å². The molecule has 68 valence electrons. The quantitative estimate of drug-likeness (QED) is 0.679. The Bertz CT molecular complexity index is 497. The SMILES string of the molecule is Cc1ccc2nc(N)c(C#N)c-2cc1. The molecule has 1 heterocycles. The smallest absolute Gasteiger partial charge is 0.142 e. The Balaban J connectivity index is 2.79. The molecule has 0 unspecified atom stereocenters. The molecule has 3 nitrogen and oxygen atoms in total. The van der Waals surface area contributed by atoms with Crippen LogP contribution in [-0.4, -0.2) is 4.98 Å². The highest BCUT2D eigenvalue weighted by Gasteiger charge is 2.13. The second-order valence-electron chi connectivity index (χ2n) is 3.19. The number of fused-ring (bicyclic) bond motifs is 1. The first-order valence-corrected chi connectivity index (χ1v) is 4.28. The maximum absolute atomic E-state index is 8.89. The molecule has 14 heavy (non-hydrogen) atoms. The molecule has 0 fully saturated rings. The zero-order valence-corrected chi connectivity index (χ0v) is 7.78. The molecule has 0 atom stereocenters. The predicted molar refractivity (Wildman–Crippen MR) is 54.7 cm³/mol. The van der Waals surface area contributed by atoms with Crippen molar-refractivity contribution in [3.05, 3.63) is 35.4 Å². The van der Waals surface area contributed by atoms with E-state index in [-0.39, 0.29) is 0 Å². The van der Waals surface area contributed by atoms with Crippen LogP contribution in [0.15, 0.2) is 24.3 Å². The average Bonchev–Trinajstić information content (AvgIpc) is 2.36. The van der Waals surface area contributed by atoms with E-state index in [4.69, 9.17) is 11.0 Å². The second kappa shape index (κ2) is 3.00. The minimum absolute atomic E-state index is 0.311. The van der Waals surface area contributed by atoms with Crippen LogP contribution >= 0.6 is 0 Å². The summed E-state index contributed by atoms with van der Waals surface area (Å²) in [6.07, 6.45) is 0. The maximum atomic E-state index is 8.89. The van der Waals surface area contributed by atoms with Crippen molar-refractivity contribution >= 4 is 5.82 Å². The number of anilines is 1. The summed E-state index contributed by atoms with van der Waals surface area (Å²) in [6, 6.07) is 9.73. The Kier molecular flexibility index (Phi) is 1.83. The van der Waals surface area contributed by atoms with Gasteiger partial charge >= 0.3 is 0 Å². The van der Waals surface area contributed by atoms with Crippen molar-refractivity contribution in [1.29, 1.82) is 5.26 Å². The molecule has 0 saturated heterocycles. The Hall–Kier alpha value is -2.08. The summed E-state index contributed by atoms with van der Waals surface area (Å²) in [5, 5.41) is 8.89. The summed E-state index contributed by atoms with van der Waals surface area (Å²) in [5.74, 6) is 0.311. The van der Waals surface area contributed by atoms with E-state index in [1.807, 2.05) is 31.2 Å². The number of hydrogen-bond donors (Lipinski definition) is 1. The van der Waals surface area contributed by atoms with Crippen LogP contribution in [0.3, 0.4) is 0 Å². The van der Waals surface area contributed by atoms with Crippen LogP contribution in [0, 0.1) is 18.3 Å². The molecule has 0 saturated carbocycles. The highest BCUT2D eigenvalue weighted by atomic mass is 14.9. The fourth-order valence-electron chi connectivity index (χ4n) is 1.41. The maximum Gasteiger partial charge on any atom is 0.142 e. The number of nitrogens with zero attached hydrogens (tertiary/aromatic N) is 2. The fourth-order valence-corrected chi connectivity index (χ4v) is 1.41. The molecule has 1 aliphatic carbocycles. The first-order chi connectivity index (χ1) is 6.72. The highest BCUT2D eigenvalue weighted by molar-refractivity contribution is 5.77. The van der Waals surface area contributed by atoms with Crippen LogP contribution in [0.2, 0.25) is 0 Å². The van der Waals surface area contributed by atoms with E-state index in [1.54, 1.807) is 0 Å². The van der Waals surface area contributed by atoms with E-state index < -0.39 is 0 Å². The Labute approximate surface area is 82.1 Å². The summed E-state index contributed by atoms with van der Waals surface area (Å²) >= 11 is 0. The molecule has 0 amide bonds. The number of nitrogen functional groups attached to an aromatic ring is 1. The van der Waals surface area contributed by atoms with Crippen LogP contribution in [-0.2, 0) is 0 Å². The lowest BCUT2D eigenvalue weighted by molar-refractivity contribution is 1.41. The zero-order valence-electron chi connectivity index (χ0n) is 7.78. The predicted octanol–water partition coefficient (Wildman–Crippen LogP) is 1.95. The molecule has 0 aromatic carbocycles. The molecule has 1 aliphatic heterocycles. The van der Waals surface area contributed by atoms with Gasteiger partial charge in [-0.2, -0.15) is 5.26 Å². The van der Waals surface area contributed by atoms with Crippen molar-refractivity contribution in [2.75, 3.05) is 5.73 Å². The minimum atomic E-state index is 0.311. The molecule has 0 aromatic heterocycles. The molecule has 2 rings (SSSR count). The van der Waals surface area contributed by atoms with Crippen LogP contribution in [0.4, 0.5) is 5.82 Å². The lowest BCUT2D eigenvalue weighted by Gasteiger charge is -1.87. The molecule has 2 N–H and O–H groups in total. The van der Waals surface area contributed by atoms with Gasteiger partial charge in [0.15, 0.2) is 0 Å². The van der Waals surface area contributed by atoms with E-state index in [2.05, 4.69) is 11.1 Å². The molecular formula is C11H9N3. The van der Waals surface area contributed by atoms with Crippen molar-refractivity contribution in [2.24, 2.45) is 0 Å². The van der Waals surface area contributed by atoms with Crippen LogP contribution < -0.4 is 5.73 Å². The summed E-state index contributed by atoms with van der Waals surface area (Å²) in [7, 11) is 0. The molecule has 0 bridgehead atoms. The van der Waals surface area contributed by atoms with E-state index in [0.717, 1.165) is 16.8 Å². The number of rotatable bonds is 0. The molecular weight excluding hydrogens is 174 g/mol. The number of aryl methyl sites for hydroxylation is 1. The number of aromatic nitrogens is 1. The summed E-state index contributed by atoms with van der Waals surface area (Å²) in [4.78, 5) is 4.12. The molecule has 0 spiro atoms. The van der Waals surface area contributed by atoms with Crippen molar-refractivity contribution in [3.8, 4) is 17.3 Å². The van der Waals surface area contributed by atoms with E-state index in [1.165, 1.54) is 0 Å². The third-order valence-electron chi connectivity index (χ3n) is 2.17. The van der Waals surface area contributed by atoms with Gasteiger partial charge in [-0.25, -0.2) is 4.98 Å². The molecule has 3 heteroatoms. The summed E-state index contributed by atoms with van der Waals surface area (Å²) in [5.41, 5.74) is 8.80. The molecule has 0 aromatic rings. The standard InChI is InChI=1S/C11H9N3/c1-7-2-4-8-9(6-12)11(13)14-10(8)5-3-7/h2-5H,1H3,(H2,13,14). The number of nitrogens with two attached hydrogens (primary N) is 1. The first-order valence-electron chi connectivity index (χ1n) is 4.28. The average molecular weight is 183 g/mol. The normalized spacial score (nSPS) is 10.0. The van der Waals surface area contributed by atoms with Crippen molar-refractivity contribution < 1.29 is 0 Å². The van der Waals surface area contributed by atoms with Gasteiger partial charge in [-0.15, -0.1) is 0 Å². The Morgan fingerprint density at radius 2 is 2.00 bits per heavy atom. The molecule has 0 radical (unpaired) electrons. The van der Waals surface area contributed by atoms with Crippen molar-refractivity contribution in [3.63, 3.8) is 0 Å². The third kappa shape index (κ3) is 1.17. The first kappa shape index (κ1) is 8.52. The summed E-state index contributed by atoms with van der Waals surface area (Å²) in [6.45, 7) is 1.99. The van der Waals surface area contributed by atoms with Crippen LogP contribution in [0.1, 0.15) is 11.1 Å². The Morgan fingerprint density at radius 3 is 2.71 bits per heavy atom. The second-order valence-corrected chi connectivity index (χ2v) is 3.19. The van der Waals surface area contributed by atoms with E-state index >= 15 is 0 Å². The topological polar surface area (TPSA) is 62.7 Å². The summed E-state index contributed by atoms with van der Waals surface area (Å²) < 4.78 is 0. The van der Waals surface area contributed by atoms with Gasteiger partial charge in [0.05, 0.1) is 5.69 Å². The van der Waals surface area contributed by atoms with Crippen molar-refractivity contribution in [1.82, 2.24) is 4.98 Å². The highest BCUT2D eigenvalue weighted by Crippen LogP contribution is 2.28. The lowest BCUT2D eigenvalue weighted by Crippen LogP contribution is -1.85. The van der Waals surface area contributed by atoms with E-state index in [9.17, 15) is 0 Å². The minimum Gasteiger partial charge on any atom is -0.383 e. The lowest BCUT2D eigenvalue weighted by atomic mass is 10.1. The van der Waals surface area contributed by atoms with Gasteiger partial charge in [-0.1, -0.05) is 23.8 Å². The number of nitriles is 1.